The lowest BCUT2D eigenvalue weighted by atomic mass is 9.57. The molecule has 4 rings (SSSR count). The number of ketones is 2. The first-order valence-electron chi connectivity index (χ1n) is 13.6. The highest BCUT2D eigenvalue weighted by Gasteiger charge is 2.64. The molecular formula is C29H36F3N3O8. The van der Waals surface area contributed by atoms with Crippen LogP contribution in [0.25, 0.3) is 5.76 Å². The highest BCUT2D eigenvalue weighted by atomic mass is 19.4. The lowest BCUT2D eigenvalue weighted by Gasteiger charge is -2.50. The summed E-state index contributed by atoms with van der Waals surface area (Å²) in [5, 5.41) is 57.3. The topological polar surface area (TPSA) is 194 Å². The second-order valence-electron chi connectivity index (χ2n) is 12.7. The van der Waals surface area contributed by atoms with Crippen LogP contribution in [-0.4, -0.2) is 86.3 Å². The van der Waals surface area contributed by atoms with Crippen molar-refractivity contribution >= 4 is 23.2 Å². The number of aliphatic hydroxyl groups excluding tert-OH is 3. The van der Waals surface area contributed by atoms with Gasteiger partial charge in [0.1, 0.15) is 22.8 Å². The zero-order chi connectivity index (χ0) is 32.6. The summed E-state index contributed by atoms with van der Waals surface area (Å²) >= 11 is 0. The number of aromatic hydroxyl groups is 1. The number of fused-ring (bicyclic) bond motifs is 3. The summed E-state index contributed by atoms with van der Waals surface area (Å²) in [4.78, 5) is 40.4. The van der Waals surface area contributed by atoms with Gasteiger partial charge < -0.3 is 36.6 Å². The maximum atomic E-state index is 14.7. The van der Waals surface area contributed by atoms with E-state index in [0.29, 0.717) is 0 Å². The van der Waals surface area contributed by atoms with Crippen LogP contribution in [0.15, 0.2) is 23.0 Å². The average molecular weight is 612 g/mol. The first-order chi connectivity index (χ1) is 19.7. The van der Waals surface area contributed by atoms with Crippen molar-refractivity contribution in [1.29, 1.82) is 0 Å². The van der Waals surface area contributed by atoms with Crippen LogP contribution in [0.5, 0.6) is 5.75 Å². The molecule has 11 nitrogen and oxygen atoms in total. The van der Waals surface area contributed by atoms with Crippen molar-refractivity contribution in [3.8, 4) is 5.75 Å². The van der Waals surface area contributed by atoms with E-state index in [-0.39, 0.29) is 18.6 Å². The van der Waals surface area contributed by atoms with Crippen LogP contribution >= 0.6 is 0 Å². The molecule has 1 aromatic carbocycles. The largest absolute Gasteiger partial charge is 0.508 e. The fourth-order valence-electron chi connectivity index (χ4n) is 6.75. The highest BCUT2D eigenvalue weighted by Crippen LogP contribution is 2.54. The summed E-state index contributed by atoms with van der Waals surface area (Å²) in [5.41, 5.74) is -2.29. The van der Waals surface area contributed by atoms with Crippen LogP contribution in [0.1, 0.15) is 49.4 Å². The van der Waals surface area contributed by atoms with E-state index in [9.17, 15) is 53.1 Å². The van der Waals surface area contributed by atoms with Gasteiger partial charge in [0.2, 0.25) is 5.78 Å². The molecule has 0 heterocycles. The number of halogens is 3. The number of rotatable bonds is 6. The molecule has 3 aliphatic carbocycles. The smallest absolute Gasteiger partial charge is 0.417 e. The number of hydrogen-bond donors (Lipinski definition) is 7. The molecule has 0 aromatic heterocycles. The van der Waals surface area contributed by atoms with E-state index in [1.54, 1.807) is 20.8 Å². The van der Waals surface area contributed by atoms with Gasteiger partial charge in [0.25, 0.3) is 5.91 Å². The standard InChI is InChI=1S/C29H36F3N3O8/c1-27(2,3)16(10-36)34-9-12-8-15(37)18-13(20(12)29(30,31)32)6-11-7-14-21(35(4)5)23(39)19(26(33)42)25(41)28(14,43)24(40)17(11)22(18)38/h8,11,14,16,21,34,36-38,41,43H,6-7,9-10H2,1-5H3,(H2,33,42)/t11-,14-,16+,21-,28-/m0/s1. The Kier molecular flexibility index (Phi) is 8.01. The molecular weight excluding hydrogens is 575 g/mol. The quantitative estimate of drug-likeness (QED) is 0.232. The second-order valence-corrected chi connectivity index (χ2v) is 12.7. The number of alkyl halides is 3. The third-order valence-corrected chi connectivity index (χ3v) is 8.86. The third kappa shape index (κ3) is 4.99. The number of nitrogens with one attached hydrogen (secondary N) is 1. The SMILES string of the molecule is CN(C)[C@@H]1C(=O)C(C(N)=O)=C(O)[C@@]2(O)C(=O)C3=C(O)c4c(O)cc(CN[C@H](CO)C(C)(C)C)c(C(F)(F)F)c4C[C@H]3C[C@@H]12. The van der Waals surface area contributed by atoms with Crippen molar-refractivity contribution in [1.82, 2.24) is 10.2 Å². The van der Waals surface area contributed by atoms with Gasteiger partial charge in [-0.15, -0.1) is 0 Å². The molecule has 43 heavy (non-hydrogen) atoms. The molecule has 5 atom stereocenters. The molecule has 0 bridgehead atoms. The third-order valence-electron chi connectivity index (χ3n) is 8.86. The van der Waals surface area contributed by atoms with E-state index in [4.69, 9.17) is 5.73 Å². The van der Waals surface area contributed by atoms with Crippen LogP contribution in [0.2, 0.25) is 0 Å². The van der Waals surface area contributed by atoms with Crippen LogP contribution in [0, 0.1) is 17.3 Å². The van der Waals surface area contributed by atoms with Crippen molar-refractivity contribution in [2.24, 2.45) is 23.0 Å². The molecule has 3 aliphatic rings. The lowest BCUT2D eigenvalue weighted by molar-refractivity contribution is -0.153. The summed E-state index contributed by atoms with van der Waals surface area (Å²) in [6.07, 6.45) is -5.82. The highest BCUT2D eigenvalue weighted by molar-refractivity contribution is 6.24. The van der Waals surface area contributed by atoms with Gasteiger partial charge in [-0.1, -0.05) is 20.8 Å². The number of primary amides is 1. The minimum absolute atomic E-state index is 0.344. The molecule has 0 spiro atoms. The number of aliphatic hydroxyl groups is 4. The number of phenols is 1. The molecule has 8 N–H and O–H groups in total. The predicted molar refractivity (Wildman–Crippen MR) is 146 cm³/mol. The van der Waals surface area contributed by atoms with Crippen molar-refractivity contribution in [2.45, 2.75) is 64.0 Å². The summed E-state index contributed by atoms with van der Waals surface area (Å²) in [7, 11) is 2.84. The van der Waals surface area contributed by atoms with Crippen molar-refractivity contribution in [3.05, 3.63) is 45.2 Å². The molecule has 14 heteroatoms. The second kappa shape index (κ2) is 10.6. The van der Waals surface area contributed by atoms with Gasteiger partial charge in [0, 0.05) is 24.1 Å². The average Bonchev–Trinajstić information content (AvgIpc) is 2.84. The molecule has 1 saturated carbocycles. The number of nitrogens with zero attached hydrogens (tertiary/aromatic N) is 1. The van der Waals surface area contributed by atoms with Gasteiger partial charge in [-0.05, 0) is 55.5 Å². The van der Waals surface area contributed by atoms with E-state index >= 15 is 0 Å². The van der Waals surface area contributed by atoms with Gasteiger partial charge >= 0.3 is 6.18 Å². The first kappa shape index (κ1) is 32.5. The normalized spacial score (nSPS) is 26.8. The molecule has 0 unspecified atom stereocenters. The van der Waals surface area contributed by atoms with Gasteiger partial charge in [0.15, 0.2) is 11.4 Å². The number of carbonyl (C=O) groups excluding carboxylic acids is 3. The fraction of sp³-hybridized carbons (Fsp3) is 0.552. The molecule has 1 amide bonds. The van der Waals surface area contributed by atoms with E-state index in [0.717, 1.165) is 6.07 Å². The molecule has 1 aromatic rings. The summed E-state index contributed by atoms with van der Waals surface area (Å²) in [6.45, 7) is 4.61. The van der Waals surface area contributed by atoms with Gasteiger partial charge in [0.05, 0.1) is 23.8 Å². The number of Topliss-reactive ketones (excluding diaryl/α,β-unsaturated/α-hetero) is 2. The van der Waals surface area contributed by atoms with Crippen LogP contribution < -0.4 is 11.1 Å². The summed E-state index contributed by atoms with van der Waals surface area (Å²) in [6, 6.07) is -1.15. The van der Waals surface area contributed by atoms with Gasteiger partial charge in [-0.3, -0.25) is 19.3 Å². The monoisotopic (exact) mass is 611 g/mol. The Morgan fingerprint density at radius 3 is 2.28 bits per heavy atom. The Morgan fingerprint density at radius 2 is 1.79 bits per heavy atom. The zero-order valence-electron chi connectivity index (χ0n) is 24.3. The molecule has 1 fully saturated rings. The van der Waals surface area contributed by atoms with E-state index in [2.05, 4.69) is 5.32 Å². The number of phenolic OH excluding ortho intramolecular Hbond substituents is 1. The minimum Gasteiger partial charge on any atom is -0.508 e. The number of amides is 1. The Morgan fingerprint density at radius 1 is 1.19 bits per heavy atom. The Labute approximate surface area is 245 Å². The number of nitrogens with two attached hydrogens (primary N) is 1. The Balaban J connectivity index is 1.93. The van der Waals surface area contributed by atoms with Crippen LogP contribution in [0.4, 0.5) is 13.2 Å². The number of benzene rings is 1. The summed E-state index contributed by atoms with van der Waals surface area (Å²) in [5.74, 6) is -9.32. The number of likely N-dealkylation sites (N-methyl/N-ethyl adjacent to an activating group) is 1. The van der Waals surface area contributed by atoms with Gasteiger partial charge in [-0.25, -0.2) is 0 Å². The zero-order valence-corrected chi connectivity index (χ0v) is 24.3. The molecule has 0 saturated heterocycles. The van der Waals surface area contributed by atoms with Crippen molar-refractivity contribution < 1.29 is 53.1 Å². The van der Waals surface area contributed by atoms with Crippen molar-refractivity contribution in [2.75, 3.05) is 20.7 Å². The first-order valence-corrected chi connectivity index (χ1v) is 13.6. The predicted octanol–water partition coefficient (Wildman–Crippen LogP) is 1.48. The van der Waals surface area contributed by atoms with Gasteiger partial charge in [-0.2, -0.15) is 13.2 Å². The summed E-state index contributed by atoms with van der Waals surface area (Å²) < 4.78 is 44.0. The molecule has 0 aliphatic heterocycles. The minimum atomic E-state index is -4.97. The van der Waals surface area contributed by atoms with E-state index in [1.165, 1.54) is 19.0 Å². The maximum Gasteiger partial charge on any atom is 0.417 e. The molecule has 0 radical (unpaired) electrons. The Bertz CT molecular complexity index is 1460. The maximum absolute atomic E-state index is 14.7. The van der Waals surface area contributed by atoms with E-state index < -0.39 is 117 Å². The van der Waals surface area contributed by atoms with Crippen molar-refractivity contribution in [3.63, 3.8) is 0 Å². The fourth-order valence-corrected chi connectivity index (χ4v) is 6.75. The number of carbonyl (C=O) groups is 3. The Hall–Kier alpha value is -3.46. The van der Waals surface area contributed by atoms with Crippen LogP contribution in [0.3, 0.4) is 0 Å². The van der Waals surface area contributed by atoms with E-state index in [1.807, 2.05) is 0 Å². The molecule has 236 valence electrons. The lowest BCUT2D eigenvalue weighted by Crippen LogP contribution is -2.65. The number of hydrogen-bond acceptors (Lipinski definition) is 10. The van der Waals surface area contributed by atoms with Crippen LogP contribution in [-0.2, 0) is 33.5 Å².